The second-order valence-electron chi connectivity index (χ2n) is 3.77. The van der Waals surface area contributed by atoms with Crippen LogP contribution < -0.4 is 5.32 Å². The summed E-state index contributed by atoms with van der Waals surface area (Å²) in [4.78, 5) is 12.0. The highest BCUT2D eigenvalue weighted by molar-refractivity contribution is 6.37. The first-order valence-corrected chi connectivity index (χ1v) is 6.12. The van der Waals surface area contributed by atoms with E-state index in [1.165, 1.54) is 6.07 Å². The van der Waals surface area contributed by atoms with E-state index in [-0.39, 0.29) is 10.9 Å². The first-order valence-electron chi connectivity index (χ1n) is 5.37. The van der Waals surface area contributed by atoms with Gasteiger partial charge in [0.05, 0.1) is 22.2 Å². The van der Waals surface area contributed by atoms with E-state index in [2.05, 4.69) is 5.32 Å². The number of carbonyl (C=O) groups is 1. The van der Waals surface area contributed by atoms with Gasteiger partial charge in [-0.05, 0) is 36.4 Å². The van der Waals surface area contributed by atoms with Crippen molar-refractivity contribution in [3.8, 4) is 6.07 Å². The molecule has 19 heavy (non-hydrogen) atoms. The van der Waals surface area contributed by atoms with Gasteiger partial charge in [-0.3, -0.25) is 4.79 Å². The molecule has 2 aromatic rings. The van der Waals surface area contributed by atoms with Crippen LogP contribution >= 0.6 is 23.2 Å². The second kappa shape index (κ2) is 5.75. The SMILES string of the molecule is N#Cc1cccc(NC(=O)c2ccc(Cl)cc2Cl)c1. The van der Waals surface area contributed by atoms with E-state index in [1.807, 2.05) is 6.07 Å². The number of nitriles is 1. The van der Waals surface area contributed by atoms with Crippen LogP contribution in [-0.4, -0.2) is 5.91 Å². The fraction of sp³-hybridized carbons (Fsp3) is 0. The van der Waals surface area contributed by atoms with Crippen LogP contribution in [0.4, 0.5) is 5.69 Å². The van der Waals surface area contributed by atoms with Crippen molar-refractivity contribution in [1.29, 1.82) is 5.26 Å². The number of benzene rings is 2. The molecule has 0 saturated heterocycles. The van der Waals surface area contributed by atoms with Gasteiger partial charge in [0.1, 0.15) is 0 Å². The van der Waals surface area contributed by atoms with Crippen LogP contribution in [0.15, 0.2) is 42.5 Å². The average Bonchev–Trinajstić information content (AvgIpc) is 2.38. The maximum absolute atomic E-state index is 12.0. The Balaban J connectivity index is 2.23. The third-order valence-corrected chi connectivity index (χ3v) is 2.97. The number of nitrogens with one attached hydrogen (secondary N) is 1. The van der Waals surface area contributed by atoms with Crippen LogP contribution in [0.3, 0.4) is 0 Å². The lowest BCUT2D eigenvalue weighted by Gasteiger charge is -2.07. The number of halogens is 2. The Bertz CT molecular complexity index is 677. The molecule has 5 heteroatoms. The van der Waals surface area contributed by atoms with E-state index in [0.717, 1.165) is 0 Å². The third-order valence-electron chi connectivity index (χ3n) is 2.43. The molecular formula is C14H8Cl2N2O. The number of hydrogen-bond donors (Lipinski definition) is 1. The Hall–Kier alpha value is -2.02. The van der Waals surface area contributed by atoms with E-state index in [4.69, 9.17) is 28.5 Å². The molecule has 0 radical (unpaired) electrons. The fourth-order valence-electron chi connectivity index (χ4n) is 1.54. The molecule has 0 aliphatic carbocycles. The largest absolute Gasteiger partial charge is 0.322 e. The molecule has 0 aromatic heterocycles. The van der Waals surface area contributed by atoms with Gasteiger partial charge in [-0.1, -0.05) is 29.3 Å². The summed E-state index contributed by atoms with van der Waals surface area (Å²) in [6.07, 6.45) is 0. The molecule has 2 rings (SSSR count). The number of rotatable bonds is 2. The molecule has 0 saturated carbocycles. The molecular weight excluding hydrogens is 283 g/mol. The lowest BCUT2D eigenvalue weighted by atomic mass is 10.2. The predicted octanol–water partition coefficient (Wildman–Crippen LogP) is 4.12. The smallest absolute Gasteiger partial charge is 0.257 e. The highest BCUT2D eigenvalue weighted by atomic mass is 35.5. The molecule has 2 aromatic carbocycles. The number of anilines is 1. The molecule has 0 spiro atoms. The monoisotopic (exact) mass is 290 g/mol. The summed E-state index contributed by atoms with van der Waals surface area (Å²) >= 11 is 11.7. The van der Waals surface area contributed by atoms with Crippen molar-refractivity contribution in [2.75, 3.05) is 5.32 Å². The molecule has 1 amide bonds. The lowest BCUT2D eigenvalue weighted by Crippen LogP contribution is -2.12. The Morgan fingerprint density at radius 1 is 1.16 bits per heavy atom. The van der Waals surface area contributed by atoms with E-state index in [1.54, 1.807) is 36.4 Å². The van der Waals surface area contributed by atoms with Crippen LogP contribution in [0, 0.1) is 11.3 Å². The molecule has 3 nitrogen and oxygen atoms in total. The Labute approximate surface area is 120 Å². The van der Waals surface area contributed by atoms with Crippen LogP contribution in [0.5, 0.6) is 0 Å². The minimum Gasteiger partial charge on any atom is -0.322 e. The first kappa shape index (κ1) is 13.4. The topological polar surface area (TPSA) is 52.9 Å². The van der Waals surface area contributed by atoms with Crippen molar-refractivity contribution >= 4 is 34.8 Å². The van der Waals surface area contributed by atoms with Crippen molar-refractivity contribution < 1.29 is 4.79 Å². The van der Waals surface area contributed by atoms with Crippen molar-refractivity contribution in [1.82, 2.24) is 0 Å². The minimum absolute atomic E-state index is 0.279. The van der Waals surface area contributed by atoms with Gasteiger partial charge < -0.3 is 5.32 Å². The van der Waals surface area contributed by atoms with Gasteiger partial charge in [0.25, 0.3) is 5.91 Å². The number of hydrogen-bond acceptors (Lipinski definition) is 2. The Morgan fingerprint density at radius 2 is 1.95 bits per heavy atom. The van der Waals surface area contributed by atoms with Gasteiger partial charge in [0, 0.05) is 10.7 Å². The molecule has 0 aliphatic rings. The second-order valence-corrected chi connectivity index (χ2v) is 4.61. The molecule has 1 N–H and O–H groups in total. The van der Waals surface area contributed by atoms with Crippen molar-refractivity contribution in [3.63, 3.8) is 0 Å². The molecule has 0 heterocycles. The van der Waals surface area contributed by atoms with Crippen LogP contribution in [-0.2, 0) is 0 Å². The molecule has 0 fully saturated rings. The van der Waals surface area contributed by atoms with E-state index >= 15 is 0 Å². The van der Waals surface area contributed by atoms with E-state index < -0.39 is 0 Å². The zero-order chi connectivity index (χ0) is 13.8. The predicted molar refractivity (Wildman–Crippen MR) is 75.6 cm³/mol. The Morgan fingerprint density at radius 3 is 2.63 bits per heavy atom. The van der Waals surface area contributed by atoms with Crippen LogP contribution in [0.2, 0.25) is 10.0 Å². The van der Waals surface area contributed by atoms with Gasteiger partial charge in [-0.2, -0.15) is 5.26 Å². The summed E-state index contributed by atoms with van der Waals surface area (Å²) in [5.41, 5.74) is 1.34. The fourth-order valence-corrected chi connectivity index (χ4v) is 2.03. The third kappa shape index (κ3) is 3.25. The number of amides is 1. The first-order chi connectivity index (χ1) is 9.10. The number of nitrogens with zero attached hydrogens (tertiary/aromatic N) is 1. The van der Waals surface area contributed by atoms with Crippen LogP contribution in [0.1, 0.15) is 15.9 Å². The summed E-state index contributed by atoms with van der Waals surface area (Å²) in [6.45, 7) is 0. The van der Waals surface area contributed by atoms with E-state index in [0.29, 0.717) is 21.8 Å². The van der Waals surface area contributed by atoms with Crippen LogP contribution in [0.25, 0.3) is 0 Å². The molecule has 0 aliphatic heterocycles. The van der Waals surface area contributed by atoms with Crippen molar-refractivity contribution in [2.24, 2.45) is 0 Å². The van der Waals surface area contributed by atoms with E-state index in [9.17, 15) is 4.79 Å². The lowest BCUT2D eigenvalue weighted by molar-refractivity contribution is 0.102. The normalized spacial score (nSPS) is 9.74. The summed E-state index contributed by atoms with van der Waals surface area (Å²) in [5.74, 6) is -0.350. The zero-order valence-corrected chi connectivity index (χ0v) is 11.2. The minimum atomic E-state index is -0.350. The molecule has 0 unspecified atom stereocenters. The van der Waals surface area contributed by atoms with Crippen molar-refractivity contribution in [3.05, 3.63) is 63.6 Å². The summed E-state index contributed by atoms with van der Waals surface area (Å²) in [5, 5.41) is 12.2. The van der Waals surface area contributed by atoms with Gasteiger partial charge in [-0.25, -0.2) is 0 Å². The van der Waals surface area contributed by atoms with Gasteiger partial charge in [-0.15, -0.1) is 0 Å². The molecule has 94 valence electrons. The van der Waals surface area contributed by atoms with Gasteiger partial charge >= 0.3 is 0 Å². The van der Waals surface area contributed by atoms with Gasteiger partial charge in [0.2, 0.25) is 0 Å². The zero-order valence-electron chi connectivity index (χ0n) is 9.65. The molecule has 0 bridgehead atoms. The molecule has 0 atom stereocenters. The maximum Gasteiger partial charge on any atom is 0.257 e. The summed E-state index contributed by atoms with van der Waals surface area (Å²) in [6, 6.07) is 13.3. The Kier molecular flexibility index (Phi) is 4.06. The number of carbonyl (C=O) groups excluding carboxylic acids is 1. The highest BCUT2D eigenvalue weighted by Crippen LogP contribution is 2.22. The maximum atomic E-state index is 12.0. The average molecular weight is 291 g/mol. The summed E-state index contributed by atoms with van der Waals surface area (Å²) in [7, 11) is 0. The van der Waals surface area contributed by atoms with Crippen molar-refractivity contribution in [2.45, 2.75) is 0 Å². The summed E-state index contributed by atoms with van der Waals surface area (Å²) < 4.78 is 0. The standard InChI is InChI=1S/C14H8Cl2N2O/c15-10-4-5-12(13(16)7-10)14(19)18-11-3-1-2-9(6-11)8-17/h1-7H,(H,18,19). The highest BCUT2D eigenvalue weighted by Gasteiger charge is 2.11. The quantitative estimate of drug-likeness (QED) is 0.905. The van der Waals surface area contributed by atoms with Gasteiger partial charge in [0.15, 0.2) is 0 Å².